The van der Waals surface area contributed by atoms with Gasteiger partial charge in [0.15, 0.2) is 0 Å². The zero-order valence-corrected chi connectivity index (χ0v) is 13.1. The summed E-state index contributed by atoms with van der Waals surface area (Å²) in [6.45, 7) is 0.486. The first kappa shape index (κ1) is 16.3. The summed E-state index contributed by atoms with van der Waals surface area (Å²) in [7, 11) is 1.29. The van der Waals surface area contributed by atoms with Gasteiger partial charge in [0.25, 0.3) is 5.56 Å². The van der Waals surface area contributed by atoms with Crippen LogP contribution < -0.4 is 5.56 Å². The Kier molecular flexibility index (Phi) is 5.76. The van der Waals surface area contributed by atoms with E-state index in [1.807, 2.05) is 0 Å². The molecule has 0 spiro atoms. The van der Waals surface area contributed by atoms with Crippen molar-refractivity contribution in [2.45, 2.75) is 57.9 Å². The minimum absolute atomic E-state index is 0.110. The lowest BCUT2D eigenvalue weighted by Crippen LogP contribution is -2.31. The molecular formula is C17H22N2O3. The summed E-state index contributed by atoms with van der Waals surface area (Å²) in [5.74, 6) is -0.580. The monoisotopic (exact) mass is 302 g/mol. The molecule has 0 fully saturated rings. The molecule has 1 aliphatic rings. The van der Waals surface area contributed by atoms with Crippen LogP contribution in [0.5, 0.6) is 0 Å². The standard InChI is InChI=1S/C17H22N2O3/c1-22-17(21)14-12-13-8-4-2-3-5-9-15(13)19(16(14)20)11-7-6-10-18/h12H,2-9,11H2,1H3. The highest BCUT2D eigenvalue weighted by Crippen LogP contribution is 2.20. The van der Waals surface area contributed by atoms with E-state index in [9.17, 15) is 9.59 Å². The van der Waals surface area contributed by atoms with Crippen molar-refractivity contribution in [3.8, 4) is 6.07 Å². The number of carbonyl (C=O) groups excluding carboxylic acids is 1. The number of rotatable bonds is 4. The van der Waals surface area contributed by atoms with Gasteiger partial charge in [-0.2, -0.15) is 5.26 Å². The molecule has 5 heteroatoms. The third-order valence-electron chi connectivity index (χ3n) is 4.18. The van der Waals surface area contributed by atoms with Crippen molar-refractivity contribution in [2.24, 2.45) is 0 Å². The smallest absolute Gasteiger partial charge is 0.343 e. The molecule has 1 aromatic rings. The zero-order valence-electron chi connectivity index (χ0n) is 13.1. The number of esters is 1. The largest absolute Gasteiger partial charge is 0.465 e. The maximum Gasteiger partial charge on any atom is 0.343 e. The SMILES string of the molecule is COC(=O)c1cc2c(n(CCCC#N)c1=O)CCCCCC2. The molecule has 0 saturated heterocycles. The Bertz CT molecular complexity index is 641. The fraction of sp³-hybridized carbons (Fsp3) is 0.588. The Hall–Kier alpha value is -2.09. The molecule has 0 bridgehead atoms. The first-order chi connectivity index (χ1) is 10.7. The molecule has 5 nitrogen and oxygen atoms in total. The van der Waals surface area contributed by atoms with E-state index in [4.69, 9.17) is 10.00 Å². The van der Waals surface area contributed by atoms with Crippen molar-refractivity contribution in [1.82, 2.24) is 4.57 Å². The van der Waals surface area contributed by atoms with Gasteiger partial charge in [0.05, 0.1) is 13.2 Å². The molecule has 1 heterocycles. The van der Waals surface area contributed by atoms with Crippen molar-refractivity contribution in [1.29, 1.82) is 5.26 Å². The van der Waals surface area contributed by atoms with Crippen LogP contribution in [0.4, 0.5) is 0 Å². The van der Waals surface area contributed by atoms with Gasteiger partial charge in [-0.3, -0.25) is 4.79 Å². The highest BCUT2D eigenvalue weighted by molar-refractivity contribution is 5.89. The second-order valence-corrected chi connectivity index (χ2v) is 5.65. The Morgan fingerprint density at radius 3 is 2.73 bits per heavy atom. The second-order valence-electron chi connectivity index (χ2n) is 5.65. The number of fused-ring (bicyclic) bond motifs is 1. The maximum absolute atomic E-state index is 12.6. The summed E-state index contributed by atoms with van der Waals surface area (Å²) in [5.41, 5.74) is 1.94. The van der Waals surface area contributed by atoms with Crippen LogP contribution in [0.25, 0.3) is 0 Å². The van der Waals surface area contributed by atoms with E-state index in [0.29, 0.717) is 19.4 Å². The molecule has 118 valence electrons. The minimum Gasteiger partial charge on any atom is -0.465 e. The average molecular weight is 302 g/mol. The van der Waals surface area contributed by atoms with Crippen LogP contribution in [0, 0.1) is 11.3 Å². The molecule has 22 heavy (non-hydrogen) atoms. The summed E-state index contributed by atoms with van der Waals surface area (Å²) >= 11 is 0. The van der Waals surface area contributed by atoms with Gasteiger partial charge in [0.2, 0.25) is 0 Å². The van der Waals surface area contributed by atoms with Crippen molar-refractivity contribution in [2.75, 3.05) is 7.11 Å². The number of pyridine rings is 1. The van der Waals surface area contributed by atoms with Crippen LogP contribution in [-0.4, -0.2) is 17.6 Å². The summed E-state index contributed by atoms with van der Waals surface area (Å²) in [4.78, 5) is 24.5. The Morgan fingerprint density at radius 1 is 1.32 bits per heavy atom. The van der Waals surface area contributed by atoms with E-state index in [2.05, 4.69) is 6.07 Å². The fourth-order valence-corrected chi connectivity index (χ4v) is 3.04. The van der Waals surface area contributed by atoms with Crippen molar-refractivity contribution < 1.29 is 9.53 Å². The number of aryl methyl sites for hydroxylation is 1. The topological polar surface area (TPSA) is 72.1 Å². The number of unbranched alkanes of at least 4 members (excludes halogenated alkanes) is 1. The molecule has 0 N–H and O–H groups in total. The number of nitriles is 1. The lowest BCUT2D eigenvalue weighted by Gasteiger charge is -2.20. The number of ether oxygens (including phenoxy) is 1. The van der Waals surface area contributed by atoms with Gasteiger partial charge >= 0.3 is 5.97 Å². The lowest BCUT2D eigenvalue weighted by atomic mass is 9.95. The van der Waals surface area contributed by atoms with Gasteiger partial charge in [-0.05, 0) is 43.7 Å². The predicted octanol–water partition coefficient (Wildman–Crippen LogP) is 2.60. The van der Waals surface area contributed by atoms with E-state index in [-0.39, 0.29) is 11.1 Å². The number of carbonyl (C=O) groups is 1. The van der Waals surface area contributed by atoms with Crippen LogP contribution in [0.1, 0.15) is 60.1 Å². The molecular weight excluding hydrogens is 280 g/mol. The fourth-order valence-electron chi connectivity index (χ4n) is 3.04. The zero-order chi connectivity index (χ0) is 15.9. The van der Waals surface area contributed by atoms with Gasteiger partial charge in [0.1, 0.15) is 5.56 Å². The average Bonchev–Trinajstić information content (AvgIpc) is 2.50. The Morgan fingerprint density at radius 2 is 2.05 bits per heavy atom. The van der Waals surface area contributed by atoms with E-state index >= 15 is 0 Å². The molecule has 0 saturated carbocycles. The number of hydrogen-bond acceptors (Lipinski definition) is 4. The summed E-state index contributed by atoms with van der Waals surface area (Å²) in [6, 6.07) is 3.82. The molecule has 2 rings (SSSR count). The van der Waals surface area contributed by atoms with Crippen molar-refractivity contribution in [3.05, 3.63) is 33.2 Å². The first-order valence-electron chi connectivity index (χ1n) is 7.90. The van der Waals surface area contributed by atoms with Crippen LogP contribution in [0.3, 0.4) is 0 Å². The third kappa shape index (κ3) is 3.56. The Labute approximate surface area is 130 Å². The molecule has 0 atom stereocenters. The highest BCUT2D eigenvalue weighted by Gasteiger charge is 2.20. The van der Waals surface area contributed by atoms with Gasteiger partial charge < -0.3 is 9.30 Å². The second kappa shape index (κ2) is 7.79. The number of nitrogens with zero attached hydrogens (tertiary/aromatic N) is 2. The summed E-state index contributed by atoms with van der Waals surface area (Å²) in [5, 5.41) is 8.70. The molecule has 0 unspecified atom stereocenters. The molecule has 0 aliphatic heterocycles. The highest BCUT2D eigenvalue weighted by atomic mass is 16.5. The molecule has 0 aromatic carbocycles. The normalized spacial score (nSPS) is 14.4. The lowest BCUT2D eigenvalue weighted by molar-refractivity contribution is 0.0597. The van der Waals surface area contributed by atoms with Crippen LogP contribution in [0.15, 0.2) is 10.9 Å². The quantitative estimate of drug-likeness (QED) is 0.633. The minimum atomic E-state index is -0.580. The first-order valence-corrected chi connectivity index (χ1v) is 7.90. The van der Waals surface area contributed by atoms with Crippen molar-refractivity contribution >= 4 is 5.97 Å². The number of hydrogen-bond donors (Lipinski definition) is 0. The van der Waals surface area contributed by atoms with Gasteiger partial charge in [-0.25, -0.2) is 4.79 Å². The number of aromatic nitrogens is 1. The van der Waals surface area contributed by atoms with Gasteiger partial charge in [-0.1, -0.05) is 12.8 Å². The van der Waals surface area contributed by atoms with Crippen LogP contribution in [0.2, 0.25) is 0 Å². The molecule has 0 amide bonds. The third-order valence-corrected chi connectivity index (χ3v) is 4.18. The summed E-state index contributed by atoms with van der Waals surface area (Å²) in [6.07, 6.45) is 7.25. The van der Waals surface area contributed by atoms with Gasteiger partial charge in [0, 0.05) is 18.7 Å². The number of methoxy groups -OCH3 is 1. The summed E-state index contributed by atoms with van der Waals surface area (Å²) < 4.78 is 6.44. The molecule has 1 aromatic heterocycles. The van der Waals surface area contributed by atoms with Crippen LogP contribution >= 0.6 is 0 Å². The van der Waals surface area contributed by atoms with Crippen LogP contribution in [-0.2, 0) is 24.1 Å². The van der Waals surface area contributed by atoms with E-state index in [1.54, 1.807) is 10.6 Å². The van der Waals surface area contributed by atoms with E-state index in [1.165, 1.54) is 20.0 Å². The Balaban J connectivity index is 2.50. The maximum atomic E-state index is 12.6. The van der Waals surface area contributed by atoms with E-state index < -0.39 is 5.97 Å². The van der Waals surface area contributed by atoms with E-state index in [0.717, 1.165) is 36.9 Å². The van der Waals surface area contributed by atoms with Gasteiger partial charge in [-0.15, -0.1) is 0 Å². The van der Waals surface area contributed by atoms with Crippen molar-refractivity contribution in [3.63, 3.8) is 0 Å². The molecule has 1 aliphatic carbocycles. The molecule has 0 radical (unpaired) electrons. The predicted molar refractivity (Wildman–Crippen MR) is 82.8 cm³/mol.